The number of hydrogen-bond acceptors (Lipinski definition) is 9. The van der Waals surface area contributed by atoms with Gasteiger partial charge < -0.3 is 11.5 Å². The van der Waals surface area contributed by atoms with Crippen molar-refractivity contribution in [3.05, 3.63) is 87.2 Å². The van der Waals surface area contributed by atoms with Crippen molar-refractivity contribution in [3.8, 4) is 11.4 Å². The summed E-state index contributed by atoms with van der Waals surface area (Å²) in [7, 11) is 0. The molecule has 2 heterocycles. The summed E-state index contributed by atoms with van der Waals surface area (Å²) in [6.45, 7) is 0. The fourth-order valence-electron chi connectivity index (χ4n) is 3.63. The molecule has 0 saturated heterocycles. The number of nitrogens with zero attached hydrogens (tertiary/aromatic N) is 5. The molecule has 0 spiro atoms. The minimum absolute atomic E-state index is 0.00423. The summed E-state index contributed by atoms with van der Waals surface area (Å²) in [5.74, 6) is -0.627. The van der Waals surface area contributed by atoms with Crippen LogP contribution in [0.4, 0.5) is 23.0 Å². The molecule has 166 valence electrons. The van der Waals surface area contributed by atoms with Crippen molar-refractivity contribution in [1.82, 2.24) is 15.0 Å². The lowest BCUT2D eigenvalue weighted by molar-refractivity contribution is 0.0979. The number of rotatable bonds is 3. The zero-order valence-electron chi connectivity index (χ0n) is 17.2. The van der Waals surface area contributed by atoms with Gasteiger partial charge in [0.2, 0.25) is 0 Å². The number of hydrogen-bond donors (Lipinski definition) is 2. The normalized spacial score (nSPS) is 12.6. The topological polar surface area (TPSA) is 150 Å². The molecule has 2 aromatic carbocycles. The third-order valence-electron chi connectivity index (χ3n) is 5.21. The quantitative estimate of drug-likeness (QED) is 0.330. The highest BCUT2D eigenvalue weighted by molar-refractivity contribution is 6.43. The van der Waals surface area contributed by atoms with Crippen molar-refractivity contribution in [1.29, 1.82) is 0 Å². The monoisotopic (exact) mass is 489 g/mol. The van der Waals surface area contributed by atoms with Gasteiger partial charge in [0.1, 0.15) is 0 Å². The van der Waals surface area contributed by atoms with E-state index >= 15 is 0 Å². The van der Waals surface area contributed by atoms with Crippen LogP contribution in [-0.2, 0) is 0 Å². The van der Waals surface area contributed by atoms with Crippen LogP contribution in [0.15, 0.2) is 65.1 Å². The van der Waals surface area contributed by atoms with Crippen LogP contribution in [-0.4, -0.2) is 26.5 Å². The van der Waals surface area contributed by atoms with Gasteiger partial charge in [-0.15, -0.1) is 10.2 Å². The van der Waals surface area contributed by atoms with Gasteiger partial charge in [0.25, 0.3) is 0 Å². The molecule has 34 heavy (non-hydrogen) atoms. The molecular weight excluding hydrogens is 477 g/mol. The van der Waals surface area contributed by atoms with Crippen LogP contribution in [0.1, 0.15) is 31.8 Å². The van der Waals surface area contributed by atoms with Gasteiger partial charge in [-0.2, -0.15) is 0 Å². The highest BCUT2D eigenvalue weighted by Gasteiger charge is 2.35. The summed E-state index contributed by atoms with van der Waals surface area (Å²) in [4.78, 5) is 38.8. The fraction of sp³-hybridized carbons (Fsp3) is 0. The lowest BCUT2D eigenvalue weighted by Gasteiger charge is -2.20. The molecule has 0 amide bonds. The smallest absolute Gasteiger partial charge is 0.198 e. The summed E-state index contributed by atoms with van der Waals surface area (Å²) in [5.41, 5.74) is 13.2. The zero-order chi connectivity index (χ0) is 24.0. The summed E-state index contributed by atoms with van der Waals surface area (Å²) >= 11 is 12.4. The minimum Gasteiger partial charge on any atom is -0.382 e. The van der Waals surface area contributed by atoms with Gasteiger partial charge in [0.05, 0.1) is 32.4 Å². The average molecular weight is 490 g/mol. The first kappa shape index (κ1) is 21.6. The number of pyridine rings is 1. The molecule has 11 heteroatoms. The summed E-state index contributed by atoms with van der Waals surface area (Å²) in [6.07, 6.45) is 3.18. The molecule has 1 aliphatic carbocycles. The average Bonchev–Trinajstić information content (AvgIpc) is 2.83. The molecule has 0 saturated carbocycles. The molecule has 0 fully saturated rings. The van der Waals surface area contributed by atoms with Gasteiger partial charge in [0.15, 0.2) is 34.7 Å². The summed E-state index contributed by atoms with van der Waals surface area (Å²) in [6, 6.07) is 11.0. The molecule has 0 bridgehead atoms. The van der Waals surface area contributed by atoms with E-state index in [9.17, 15) is 9.59 Å². The van der Waals surface area contributed by atoms with Crippen LogP contribution in [0.3, 0.4) is 0 Å². The molecule has 0 aliphatic heterocycles. The maximum Gasteiger partial charge on any atom is 0.198 e. The summed E-state index contributed by atoms with van der Waals surface area (Å²) in [5, 5.41) is 8.49. The number of anilines is 2. The Morgan fingerprint density at radius 1 is 0.735 bits per heavy atom. The van der Waals surface area contributed by atoms with Crippen molar-refractivity contribution in [2.24, 2.45) is 10.2 Å². The van der Waals surface area contributed by atoms with Crippen molar-refractivity contribution in [2.75, 3.05) is 11.5 Å². The van der Waals surface area contributed by atoms with E-state index in [4.69, 9.17) is 34.7 Å². The second kappa shape index (κ2) is 8.29. The Labute approximate surface area is 202 Å². The van der Waals surface area contributed by atoms with Crippen molar-refractivity contribution in [3.63, 3.8) is 0 Å². The minimum atomic E-state index is -0.489. The van der Waals surface area contributed by atoms with E-state index in [-0.39, 0.29) is 55.3 Å². The number of ketones is 2. The standard InChI is InChI=1S/C23H13Cl2N7O2/c24-12-4-5-13(25)17-16(12)19(33)11-2-1-3-14(15(11)20(17)34)31-32-18-21(26)29-23(30-22(18)27)10-6-8-28-9-7-10/h1-9H,(H4,26,27,29,30). The van der Waals surface area contributed by atoms with Gasteiger partial charge in [-0.25, -0.2) is 9.97 Å². The Kier molecular flexibility index (Phi) is 5.27. The predicted molar refractivity (Wildman–Crippen MR) is 128 cm³/mol. The largest absolute Gasteiger partial charge is 0.382 e. The predicted octanol–water partition coefficient (Wildman–Crippen LogP) is 5.20. The second-order valence-electron chi connectivity index (χ2n) is 7.24. The number of carbonyl (C=O) groups excluding carboxylic acids is 2. The third kappa shape index (κ3) is 3.47. The number of nitrogen functional groups attached to an aromatic ring is 2. The molecule has 0 unspecified atom stereocenters. The van der Waals surface area contributed by atoms with Crippen LogP contribution < -0.4 is 11.5 Å². The SMILES string of the molecule is Nc1nc(-c2ccncc2)nc(N)c1N=Nc1cccc2c1C(=O)c1c(Cl)ccc(Cl)c1C2=O. The Morgan fingerprint density at radius 2 is 1.35 bits per heavy atom. The molecule has 4 N–H and O–H groups in total. The number of nitrogens with two attached hydrogens (primary N) is 2. The van der Waals surface area contributed by atoms with Crippen molar-refractivity contribution < 1.29 is 9.59 Å². The van der Waals surface area contributed by atoms with E-state index in [0.717, 1.165) is 0 Å². The lowest BCUT2D eigenvalue weighted by atomic mass is 9.83. The number of aromatic nitrogens is 3. The highest BCUT2D eigenvalue weighted by Crippen LogP contribution is 2.40. The third-order valence-corrected chi connectivity index (χ3v) is 5.84. The van der Waals surface area contributed by atoms with Crippen LogP contribution in [0.5, 0.6) is 0 Å². The van der Waals surface area contributed by atoms with Crippen LogP contribution in [0, 0.1) is 0 Å². The number of halogens is 2. The van der Waals surface area contributed by atoms with Gasteiger partial charge in [-0.3, -0.25) is 14.6 Å². The van der Waals surface area contributed by atoms with Gasteiger partial charge >= 0.3 is 0 Å². The van der Waals surface area contributed by atoms with Crippen molar-refractivity contribution in [2.45, 2.75) is 0 Å². The Morgan fingerprint density at radius 3 is 2.00 bits per heavy atom. The van der Waals surface area contributed by atoms with Gasteiger partial charge in [0, 0.05) is 23.5 Å². The molecule has 5 rings (SSSR count). The first-order chi connectivity index (χ1) is 16.4. The van der Waals surface area contributed by atoms with E-state index in [1.165, 1.54) is 24.3 Å². The molecule has 9 nitrogen and oxygen atoms in total. The molecular formula is C23H13Cl2N7O2. The maximum absolute atomic E-state index is 13.3. The second-order valence-corrected chi connectivity index (χ2v) is 8.05. The maximum atomic E-state index is 13.3. The van der Waals surface area contributed by atoms with Gasteiger partial charge in [-0.1, -0.05) is 35.3 Å². The Bertz CT molecular complexity index is 1520. The number of fused-ring (bicyclic) bond motifs is 2. The van der Waals surface area contributed by atoms with Gasteiger partial charge in [-0.05, 0) is 30.3 Å². The van der Waals surface area contributed by atoms with E-state index in [1.807, 2.05) is 0 Å². The number of benzene rings is 2. The first-order valence-corrected chi connectivity index (χ1v) is 10.6. The van der Waals surface area contributed by atoms with E-state index in [1.54, 1.807) is 30.6 Å². The zero-order valence-corrected chi connectivity index (χ0v) is 18.7. The molecule has 1 aliphatic rings. The number of carbonyl (C=O) groups is 2. The highest BCUT2D eigenvalue weighted by atomic mass is 35.5. The Balaban J connectivity index is 1.58. The molecule has 0 atom stereocenters. The summed E-state index contributed by atoms with van der Waals surface area (Å²) < 4.78 is 0. The lowest BCUT2D eigenvalue weighted by Crippen LogP contribution is -2.22. The first-order valence-electron chi connectivity index (χ1n) is 9.82. The van der Waals surface area contributed by atoms with E-state index in [2.05, 4.69) is 25.2 Å². The van der Waals surface area contributed by atoms with Crippen molar-refractivity contribution >= 4 is 57.8 Å². The van der Waals surface area contributed by atoms with Crippen LogP contribution in [0.25, 0.3) is 11.4 Å². The number of azo groups is 1. The van der Waals surface area contributed by atoms with E-state index < -0.39 is 11.6 Å². The van der Waals surface area contributed by atoms with Crippen LogP contribution in [0.2, 0.25) is 10.0 Å². The molecule has 4 aromatic rings. The fourth-order valence-corrected chi connectivity index (χ4v) is 4.12. The molecule has 2 aromatic heterocycles. The molecule has 0 radical (unpaired) electrons. The Hall–Kier alpha value is -4.21. The van der Waals surface area contributed by atoms with Crippen LogP contribution >= 0.6 is 23.2 Å². The van der Waals surface area contributed by atoms with E-state index in [0.29, 0.717) is 11.4 Å².